The van der Waals surface area contributed by atoms with Crippen LogP contribution < -0.4 is 5.32 Å². The molecule has 1 amide bonds. The number of aromatic nitrogens is 1. The van der Waals surface area contributed by atoms with E-state index in [1.54, 1.807) is 0 Å². The van der Waals surface area contributed by atoms with Gasteiger partial charge in [0.25, 0.3) is 5.91 Å². The summed E-state index contributed by atoms with van der Waals surface area (Å²) in [4.78, 5) is 15.3. The molecule has 0 fully saturated rings. The Labute approximate surface area is 86.9 Å². The minimum absolute atomic E-state index is 0.271. The SMILES string of the molecule is Cc1ccc(NC(=O)c2cocn2)cc1. The number of oxazole rings is 1. The molecule has 0 bridgehead atoms. The molecule has 76 valence electrons. The number of rotatable bonds is 2. The molecule has 1 heterocycles. The summed E-state index contributed by atoms with van der Waals surface area (Å²) in [6, 6.07) is 7.54. The topological polar surface area (TPSA) is 55.1 Å². The third-order valence-electron chi connectivity index (χ3n) is 1.97. The van der Waals surface area contributed by atoms with Crippen LogP contribution in [0, 0.1) is 6.92 Å². The summed E-state index contributed by atoms with van der Waals surface area (Å²) in [5.74, 6) is -0.271. The Morgan fingerprint density at radius 3 is 2.67 bits per heavy atom. The predicted molar refractivity (Wildman–Crippen MR) is 55.6 cm³/mol. The number of benzene rings is 1. The number of carbonyl (C=O) groups excluding carboxylic acids is 1. The molecule has 1 N–H and O–H groups in total. The third kappa shape index (κ3) is 2.22. The second kappa shape index (κ2) is 3.96. The molecule has 0 aliphatic carbocycles. The van der Waals surface area contributed by atoms with Gasteiger partial charge in [0.15, 0.2) is 12.1 Å². The van der Waals surface area contributed by atoms with E-state index in [0.29, 0.717) is 0 Å². The molecule has 4 heteroatoms. The summed E-state index contributed by atoms with van der Waals surface area (Å²) in [6.45, 7) is 1.99. The van der Waals surface area contributed by atoms with Gasteiger partial charge < -0.3 is 9.73 Å². The van der Waals surface area contributed by atoms with E-state index < -0.39 is 0 Å². The number of nitrogens with one attached hydrogen (secondary N) is 1. The number of anilines is 1. The van der Waals surface area contributed by atoms with Crippen LogP contribution in [0.3, 0.4) is 0 Å². The average Bonchev–Trinajstić information content (AvgIpc) is 2.74. The lowest BCUT2D eigenvalue weighted by molar-refractivity contribution is 0.102. The van der Waals surface area contributed by atoms with Crippen LogP contribution in [0.15, 0.2) is 41.3 Å². The number of aryl methyl sites for hydroxylation is 1. The van der Waals surface area contributed by atoms with Crippen LogP contribution in [0.25, 0.3) is 0 Å². The Morgan fingerprint density at radius 2 is 2.07 bits per heavy atom. The van der Waals surface area contributed by atoms with Gasteiger partial charge in [-0.3, -0.25) is 4.79 Å². The number of nitrogens with zero attached hydrogens (tertiary/aromatic N) is 1. The summed E-state index contributed by atoms with van der Waals surface area (Å²) < 4.78 is 4.72. The van der Waals surface area contributed by atoms with Crippen LogP contribution in [0.5, 0.6) is 0 Å². The minimum Gasteiger partial charge on any atom is -0.451 e. The zero-order chi connectivity index (χ0) is 10.7. The lowest BCUT2D eigenvalue weighted by Gasteiger charge is -2.02. The molecule has 1 aromatic carbocycles. The van der Waals surface area contributed by atoms with Crippen molar-refractivity contribution < 1.29 is 9.21 Å². The van der Waals surface area contributed by atoms with Crippen molar-refractivity contribution >= 4 is 11.6 Å². The number of carbonyl (C=O) groups is 1. The molecule has 15 heavy (non-hydrogen) atoms. The maximum Gasteiger partial charge on any atom is 0.277 e. The van der Waals surface area contributed by atoms with Gasteiger partial charge in [-0.1, -0.05) is 17.7 Å². The van der Waals surface area contributed by atoms with Gasteiger partial charge in [-0.15, -0.1) is 0 Å². The van der Waals surface area contributed by atoms with E-state index >= 15 is 0 Å². The zero-order valence-electron chi connectivity index (χ0n) is 8.23. The highest BCUT2D eigenvalue weighted by molar-refractivity contribution is 6.02. The second-order valence-electron chi connectivity index (χ2n) is 3.19. The third-order valence-corrected chi connectivity index (χ3v) is 1.97. The normalized spacial score (nSPS) is 9.93. The van der Waals surface area contributed by atoms with Crippen LogP contribution in [0.1, 0.15) is 16.1 Å². The summed E-state index contributed by atoms with van der Waals surface area (Å²) in [5.41, 5.74) is 2.17. The Hall–Kier alpha value is -2.10. The van der Waals surface area contributed by atoms with Crippen LogP contribution in [0.4, 0.5) is 5.69 Å². The van der Waals surface area contributed by atoms with Gasteiger partial charge in [0.05, 0.1) is 0 Å². The Morgan fingerprint density at radius 1 is 1.33 bits per heavy atom. The maximum atomic E-state index is 11.5. The van der Waals surface area contributed by atoms with E-state index in [1.165, 1.54) is 12.7 Å². The van der Waals surface area contributed by atoms with E-state index in [9.17, 15) is 4.79 Å². The molecule has 0 aliphatic rings. The molecule has 2 aromatic rings. The highest BCUT2D eigenvalue weighted by Gasteiger charge is 2.08. The van der Waals surface area contributed by atoms with E-state index in [-0.39, 0.29) is 11.6 Å². The first-order valence-corrected chi connectivity index (χ1v) is 4.52. The van der Waals surface area contributed by atoms with Crippen LogP contribution in [0.2, 0.25) is 0 Å². The van der Waals surface area contributed by atoms with Crippen molar-refractivity contribution in [1.29, 1.82) is 0 Å². The van der Waals surface area contributed by atoms with Crippen LogP contribution >= 0.6 is 0 Å². The minimum atomic E-state index is -0.271. The smallest absolute Gasteiger partial charge is 0.277 e. The van der Waals surface area contributed by atoms with Crippen molar-refractivity contribution in [3.8, 4) is 0 Å². The lowest BCUT2D eigenvalue weighted by Crippen LogP contribution is -2.11. The molecular weight excluding hydrogens is 192 g/mol. The van der Waals surface area contributed by atoms with Crippen LogP contribution in [-0.4, -0.2) is 10.9 Å². The molecule has 0 spiro atoms. The van der Waals surface area contributed by atoms with Gasteiger partial charge >= 0.3 is 0 Å². The summed E-state index contributed by atoms with van der Waals surface area (Å²) in [7, 11) is 0. The van der Waals surface area contributed by atoms with Crippen LogP contribution in [-0.2, 0) is 0 Å². The maximum absolute atomic E-state index is 11.5. The Balaban J connectivity index is 2.09. The molecule has 0 saturated carbocycles. The standard InChI is InChI=1S/C11H10N2O2/c1-8-2-4-9(5-3-8)13-11(14)10-6-15-7-12-10/h2-7H,1H3,(H,13,14). The molecule has 4 nitrogen and oxygen atoms in total. The van der Waals surface area contributed by atoms with Crippen molar-refractivity contribution in [1.82, 2.24) is 4.98 Å². The lowest BCUT2D eigenvalue weighted by atomic mass is 10.2. The first-order valence-electron chi connectivity index (χ1n) is 4.52. The largest absolute Gasteiger partial charge is 0.451 e. The first kappa shape index (κ1) is 9.45. The van der Waals surface area contributed by atoms with Crippen molar-refractivity contribution in [2.75, 3.05) is 5.32 Å². The first-order chi connectivity index (χ1) is 7.25. The van der Waals surface area contributed by atoms with Crippen molar-refractivity contribution in [3.63, 3.8) is 0 Å². The highest BCUT2D eigenvalue weighted by Crippen LogP contribution is 2.09. The fraction of sp³-hybridized carbons (Fsp3) is 0.0909. The number of hydrogen-bond acceptors (Lipinski definition) is 3. The van der Waals surface area contributed by atoms with E-state index in [4.69, 9.17) is 4.42 Å². The van der Waals surface area contributed by atoms with Gasteiger partial charge in [0, 0.05) is 5.69 Å². The summed E-state index contributed by atoms with van der Waals surface area (Å²) in [6.07, 6.45) is 2.54. The van der Waals surface area contributed by atoms with Gasteiger partial charge in [0.2, 0.25) is 0 Å². The van der Waals surface area contributed by atoms with Crippen molar-refractivity contribution in [3.05, 3.63) is 48.2 Å². The Bertz CT molecular complexity index is 446. The fourth-order valence-electron chi connectivity index (χ4n) is 1.16. The number of hydrogen-bond donors (Lipinski definition) is 1. The zero-order valence-corrected chi connectivity index (χ0v) is 8.23. The van der Waals surface area contributed by atoms with Gasteiger partial charge in [-0.25, -0.2) is 4.98 Å². The molecule has 2 rings (SSSR count). The van der Waals surface area contributed by atoms with Gasteiger partial charge in [-0.2, -0.15) is 0 Å². The van der Waals surface area contributed by atoms with Gasteiger partial charge in [-0.05, 0) is 19.1 Å². The number of amides is 1. The fourth-order valence-corrected chi connectivity index (χ4v) is 1.16. The second-order valence-corrected chi connectivity index (χ2v) is 3.19. The Kier molecular flexibility index (Phi) is 2.49. The van der Waals surface area contributed by atoms with Crippen molar-refractivity contribution in [2.45, 2.75) is 6.92 Å². The molecule has 0 aliphatic heterocycles. The molecule has 1 aromatic heterocycles. The van der Waals surface area contributed by atoms with Gasteiger partial charge in [0.1, 0.15) is 6.26 Å². The molecule has 0 radical (unpaired) electrons. The predicted octanol–water partition coefficient (Wildman–Crippen LogP) is 2.24. The summed E-state index contributed by atoms with van der Waals surface area (Å²) >= 11 is 0. The van der Waals surface area contributed by atoms with Crippen molar-refractivity contribution in [2.24, 2.45) is 0 Å². The summed E-state index contributed by atoms with van der Waals surface area (Å²) in [5, 5.41) is 2.71. The van der Waals surface area contributed by atoms with E-state index in [1.807, 2.05) is 31.2 Å². The highest BCUT2D eigenvalue weighted by atomic mass is 16.3. The quantitative estimate of drug-likeness (QED) is 0.812. The molecule has 0 saturated heterocycles. The average molecular weight is 202 g/mol. The molecule has 0 atom stereocenters. The van der Waals surface area contributed by atoms with E-state index in [0.717, 1.165) is 11.3 Å². The molecular formula is C11H10N2O2. The monoisotopic (exact) mass is 202 g/mol. The van der Waals surface area contributed by atoms with E-state index in [2.05, 4.69) is 10.3 Å². The molecule has 0 unspecified atom stereocenters.